The number of para-hydroxylation sites is 1. The summed E-state index contributed by atoms with van der Waals surface area (Å²) in [5.41, 5.74) is 6.93. The molecule has 1 aromatic carbocycles. The number of amides is 3. The van der Waals surface area contributed by atoms with Gasteiger partial charge in [-0.3, -0.25) is 14.4 Å². The summed E-state index contributed by atoms with van der Waals surface area (Å²) in [5, 5.41) is 19.8. The Labute approximate surface area is 257 Å². The van der Waals surface area contributed by atoms with Gasteiger partial charge in [-0.15, -0.1) is 12.4 Å². The van der Waals surface area contributed by atoms with E-state index in [1.807, 2.05) is 26.0 Å². The smallest absolute Gasteiger partial charge is 0.255 e. The molecule has 2 rings (SSSR count). The molecule has 0 aliphatic carbocycles. The Hall–Kier alpha value is -2.40. The fraction of sp³-hybridized carbons (Fsp3) is 0.710. The van der Waals surface area contributed by atoms with Crippen molar-refractivity contribution in [1.82, 2.24) is 16.0 Å². The summed E-state index contributed by atoms with van der Waals surface area (Å²) in [7, 11) is 1.67. The number of methoxy groups -OCH3 is 1. The van der Waals surface area contributed by atoms with Crippen LogP contribution in [-0.4, -0.2) is 74.4 Å². The predicted molar refractivity (Wildman–Crippen MR) is 167 cm³/mol. The lowest BCUT2D eigenvalue weighted by Gasteiger charge is -2.30. The predicted octanol–water partition coefficient (Wildman–Crippen LogP) is 3.05. The molecule has 0 aromatic heterocycles. The topological polar surface area (TPSA) is 152 Å². The van der Waals surface area contributed by atoms with E-state index in [1.54, 1.807) is 19.2 Å². The zero-order valence-electron chi connectivity index (χ0n) is 25.9. The Morgan fingerprint density at radius 2 is 1.76 bits per heavy atom. The molecule has 5 atom stereocenters. The van der Waals surface area contributed by atoms with E-state index >= 15 is 0 Å². The fourth-order valence-electron chi connectivity index (χ4n) is 5.03. The Bertz CT molecular complexity index is 963. The van der Waals surface area contributed by atoms with Crippen LogP contribution in [0.2, 0.25) is 0 Å². The molecule has 10 nitrogen and oxygen atoms in total. The highest BCUT2D eigenvalue weighted by Crippen LogP contribution is 2.24. The quantitative estimate of drug-likeness (QED) is 0.151. The van der Waals surface area contributed by atoms with E-state index in [2.05, 4.69) is 29.8 Å². The number of carbonyl (C=O) groups excluding carboxylic acids is 3. The van der Waals surface area contributed by atoms with Gasteiger partial charge in [0.25, 0.3) is 5.91 Å². The van der Waals surface area contributed by atoms with Crippen molar-refractivity contribution >= 4 is 30.1 Å². The van der Waals surface area contributed by atoms with Gasteiger partial charge in [-0.2, -0.15) is 0 Å². The maximum absolute atomic E-state index is 13.1. The molecular weight excluding hydrogens is 560 g/mol. The van der Waals surface area contributed by atoms with Crippen molar-refractivity contribution in [3.63, 3.8) is 0 Å². The van der Waals surface area contributed by atoms with Crippen LogP contribution in [0.15, 0.2) is 24.3 Å². The van der Waals surface area contributed by atoms with Crippen LogP contribution in [0.3, 0.4) is 0 Å². The van der Waals surface area contributed by atoms with Crippen LogP contribution in [0, 0.1) is 23.7 Å². The molecule has 1 aliphatic rings. The number of hydrogen-bond acceptors (Lipinski definition) is 7. The van der Waals surface area contributed by atoms with Gasteiger partial charge in [0, 0.05) is 51.2 Å². The van der Waals surface area contributed by atoms with Crippen LogP contribution < -0.4 is 26.4 Å². The summed E-state index contributed by atoms with van der Waals surface area (Å²) in [6.07, 6.45) is 2.77. The van der Waals surface area contributed by atoms with Gasteiger partial charge in [0.05, 0.1) is 18.3 Å². The molecule has 4 unspecified atom stereocenters. The van der Waals surface area contributed by atoms with Crippen molar-refractivity contribution in [3.8, 4) is 5.75 Å². The average molecular weight is 613 g/mol. The van der Waals surface area contributed by atoms with Gasteiger partial charge in [0.1, 0.15) is 5.75 Å². The average Bonchev–Trinajstić information content (AvgIpc) is 3.36. The second kappa shape index (κ2) is 19.7. The first kappa shape index (κ1) is 37.6. The van der Waals surface area contributed by atoms with E-state index in [1.165, 1.54) is 0 Å². The van der Waals surface area contributed by atoms with E-state index in [4.69, 9.17) is 15.2 Å². The third-order valence-electron chi connectivity index (χ3n) is 7.91. The minimum atomic E-state index is -0.872. The summed E-state index contributed by atoms with van der Waals surface area (Å²) in [4.78, 5) is 37.4. The first-order chi connectivity index (χ1) is 19.5. The summed E-state index contributed by atoms with van der Waals surface area (Å²) in [5.74, 6) is 0.0487. The molecule has 240 valence electrons. The normalized spacial score (nSPS) is 17.6. The second-order valence-corrected chi connectivity index (χ2v) is 11.9. The lowest BCUT2D eigenvalue weighted by atomic mass is 9.83. The van der Waals surface area contributed by atoms with Crippen molar-refractivity contribution in [3.05, 3.63) is 29.8 Å². The van der Waals surface area contributed by atoms with Crippen LogP contribution in [0.4, 0.5) is 0 Å². The summed E-state index contributed by atoms with van der Waals surface area (Å²) in [6, 6.07) is 6.60. The summed E-state index contributed by atoms with van der Waals surface area (Å²) < 4.78 is 10.9. The first-order valence-corrected chi connectivity index (χ1v) is 15.0. The van der Waals surface area contributed by atoms with Gasteiger partial charge in [0.15, 0.2) is 0 Å². The van der Waals surface area contributed by atoms with E-state index in [9.17, 15) is 19.5 Å². The zero-order chi connectivity index (χ0) is 30.4. The summed E-state index contributed by atoms with van der Waals surface area (Å²) >= 11 is 0. The molecule has 6 N–H and O–H groups in total. The molecule has 42 heavy (non-hydrogen) atoms. The number of halogens is 1. The molecule has 0 saturated carbocycles. The number of ether oxygens (including phenoxy) is 2. The van der Waals surface area contributed by atoms with E-state index in [0.29, 0.717) is 56.9 Å². The number of carbonyl (C=O) groups is 3. The van der Waals surface area contributed by atoms with Crippen LogP contribution in [-0.2, 0) is 14.3 Å². The standard InChI is InChI=1S/C31H52N4O6.ClH/c1-20(2)22(18-33-30(38)24-10-6-7-11-28(24)41-15-9-8-14-40-5)16-26(32)27(36)17-25(21(3)4)31(39)34-19-23-12-13-29(37)35-23;/h6-7,10-11,20-23,25-27,36H,8-9,12-19,32H2,1-5H3,(H,33,38)(H,34,39)(H,35,37);1H/t22-,23?,25?,26?,27?;/m1./s1. The Morgan fingerprint density at radius 1 is 1.07 bits per heavy atom. The number of rotatable bonds is 19. The minimum absolute atomic E-state index is 0. The molecule has 1 fully saturated rings. The van der Waals surface area contributed by atoms with Gasteiger partial charge >= 0.3 is 0 Å². The second-order valence-electron chi connectivity index (χ2n) is 11.9. The Balaban J connectivity index is 0.00000882. The molecule has 0 bridgehead atoms. The lowest BCUT2D eigenvalue weighted by Crippen LogP contribution is -2.45. The van der Waals surface area contributed by atoms with E-state index in [-0.39, 0.29) is 60.3 Å². The molecule has 1 heterocycles. The number of nitrogens with one attached hydrogen (secondary N) is 3. The molecule has 0 radical (unpaired) electrons. The third-order valence-corrected chi connectivity index (χ3v) is 7.91. The Kier molecular flexibility index (Phi) is 17.7. The number of unbranched alkanes of at least 4 members (excludes halogenated alkanes) is 1. The maximum Gasteiger partial charge on any atom is 0.255 e. The van der Waals surface area contributed by atoms with Crippen LogP contribution in [0.1, 0.15) is 76.6 Å². The molecule has 1 aromatic rings. The van der Waals surface area contributed by atoms with Gasteiger partial charge in [-0.1, -0.05) is 39.8 Å². The molecular formula is C31H53ClN4O6. The fourth-order valence-corrected chi connectivity index (χ4v) is 5.03. The van der Waals surface area contributed by atoms with Crippen LogP contribution in [0.25, 0.3) is 0 Å². The maximum atomic E-state index is 13.1. The number of nitrogens with two attached hydrogens (primary N) is 1. The highest BCUT2D eigenvalue weighted by Gasteiger charge is 2.31. The molecule has 11 heteroatoms. The van der Waals surface area contributed by atoms with Gasteiger partial charge in [0.2, 0.25) is 11.8 Å². The van der Waals surface area contributed by atoms with Crippen molar-refractivity contribution in [2.45, 2.75) is 84.4 Å². The number of hydrogen-bond donors (Lipinski definition) is 5. The van der Waals surface area contributed by atoms with Crippen LogP contribution in [0.5, 0.6) is 5.75 Å². The largest absolute Gasteiger partial charge is 0.493 e. The zero-order valence-corrected chi connectivity index (χ0v) is 26.7. The first-order valence-electron chi connectivity index (χ1n) is 15.0. The number of aliphatic hydroxyl groups is 1. The van der Waals surface area contributed by atoms with Crippen LogP contribution >= 0.6 is 12.4 Å². The van der Waals surface area contributed by atoms with Crippen molar-refractivity contribution in [2.24, 2.45) is 29.4 Å². The highest BCUT2D eigenvalue weighted by molar-refractivity contribution is 5.96. The monoisotopic (exact) mass is 612 g/mol. The highest BCUT2D eigenvalue weighted by atomic mass is 35.5. The number of benzene rings is 1. The summed E-state index contributed by atoms with van der Waals surface area (Å²) in [6.45, 7) is 10.00. The Morgan fingerprint density at radius 3 is 2.38 bits per heavy atom. The lowest BCUT2D eigenvalue weighted by molar-refractivity contribution is -0.128. The molecule has 1 aliphatic heterocycles. The van der Waals surface area contributed by atoms with E-state index in [0.717, 1.165) is 12.8 Å². The van der Waals surface area contributed by atoms with Crippen molar-refractivity contribution < 1.29 is 29.0 Å². The molecule has 0 spiro atoms. The van der Waals surface area contributed by atoms with Gasteiger partial charge in [-0.25, -0.2) is 0 Å². The SMILES string of the molecule is COCCCCOc1ccccc1C(=O)NC[C@@H](CC(N)C(O)CC(C(=O)NCC1CCC(=O)N1)C(C)C)C(C)C.Cl. The minimum Gasteiger partial charge on any atom is -0.493 e. The van der Waals surface area contributed by atoms with Gasteiger partial charge < -0.3 is 36.3 Å². The molecule has 3 amide bonds. The van der Waals surface area contributed by atoms with E-state index < -0.39 is 18.1 Å². The number of aliphatic hydroxyl groups excluding tert-OH is 1. The van der Waals surface area contributed by atoms with Crippen molar-refractivity contribution in [2.75, 3.05) is 33.4 Å². The third kappa shape index (κ3) is 12.9. The molecule has 1 saturated heterocycles. The van der Waals surface area contributed by atoms with Crippen molar-refractivity contribution in [1.29, 1.82) is 0 Å². The van der Waals surface area contributed by atoms with Gasteiger partial charge in [-0.05, 0) is 62.0 Å².